The molecule has 0 aliphatic heterocycles. The summed E-state index contributed by atoms with van der Waals surface area (Å²) in [6, 6.07) is 7.59. The van der Waals surface area contributed by atoms with Crippen LogP contribution in [0.3, 0.4) is 0 Å². The lowest BCUT2D eigenvalue weighted by molar-refractivity contribution is 0.413. The molecule has 16 heavy (non-hydrogen) atoms. The predicted octanol–water partition coefficient (Wildman–Crippen LogP) is 2.99. The zero-order valence-electron chi connectivity index (χ0n) is 9.65. The van der Waals surface area contributed by atoms with Gasteiger partial charge in [-0.05, 0) is 37.0 Å². The summed E-state index contributed by atoms with van der Waals surface area (Å²) in [5.74, 6) is 2.26. The Kier molecular flexibility index (Phi) is 3.99. The van der Waals surface area contributed by atoms with Crippen LogP contribution in [0.1, 0.15) is 25.7 Å². The van der Waals surface area contributed by atoms with Gasteiger partial charge in [-0.25, -0.2) is 0 Å². The molecule has 1 unspecified atom stereocenters. The highest BCUT2D eigenvalue weighted by atomic mass is 32.2. The van der Waals surface area contributed by atoms with Crippen LogP contribution < -0.4 is 4.74 Å². The van der Waals surface area contributed by atoms with Crippen LogP contribution in [0.25, 0.3) is 0 Å². The van der Waals surface area contributed by atoms with E-state index < -0.39 is 10.8 Å². The van der Waals surface area contributed by atoms with Gasteiger partial charge in [-0.15, -0.1) is 0 Å². The normalized spacial score (nSPS) is 18.6. The summed E-state index contributed by atoms with van der Waals surface area (Å²) in [5.41, 5.74) is 0. The Hall–Kier alpha value is -0.830. The summed E-state index contributed by atoms with van der Waals surface area (Å²) < 4.78 is 17.3. The van der Waals surface area contributed by atoms with Crippen LogP contribution >= 0.6 is 0 Å². The van der Waals surface area contributed by atoms with Gasteiger partial charge in [0.2, 0.25) is 0 Å². The fourth-order valence-corrected chi connectivity index (χ4v) is 3.66. The van der Waals surface area contributed by atoms with Crippen LogP contribution in [0.5, 0.6) is 5.75 Å². The first kappa shape index (κ1) is 11.6. The van der Waals surface area contributed by atoms with E-state index >= 15 is 0 Å². The van der Waals surface area contributed by atoms with Gasteiger partial charge < -0.3 is 4.74 Å². The molecule has 2 rings (SSSR count). The van der Waals surface area contributed by atoms with E-state index in [1.807, 2.05) is 24.3 Å². The second kappa shape index (κ2) is 5.48. The molecule has 0 bridgehead atoms. The van der Waals surface area contributed by atoms with Crippen molar-refractivity contribution in [2.24, 2.45) is 5.92 Å². The van der Waals surface area contributed by atoms with Gasteiger partial charge in [0.25, 0.3) is 0 Å². The maximum atomic E-state index is 12.1. The van der Waals surface area contributed by atoms with Crippen LogP contribution in [0.4, 0.5) is 0 Å². The fraction of sp³-hybridized carbons (Fsp3) is 0.538. The number of ether oxygens (including phenoxy) is 1. The zero-order chi connectivity index (χ0) is 11.4. The molecular formula is C13H18O2S. The second-order valence-electron chi connectivity index (χ2n) is 4.34. The van der Waals surface area contributed by atoms with E-state index in [-0.39, 0.29) is 0 Å². The first-order valence-corrected chi connectivity index (χ1v) is 7.14. The number of hydrogen-bond acceptors (Lipinski definition) is 2. The number of methoxy groups -OCH3 is 1. The summed E-state index contributed by atoms with van der Waals surface area (Å²) in [6.07, 6.45) is 5.10. The Morgan fingerprint density at radius 3 is 2.81 bits per heavy atom. The predicted molar refractivity (Wildman–Crippen MR) is 66.2 cm³/mol. The topological polar surface area (TPSA) is 26.3 Å². The van der Waals surface area contributed by atoms with Crippen molar-refractivity contribution in [1.82, 2.24) is 0 Å². The summed E-state index contributed by atoms with van der Waals surface area (Å²) >= 11 is 0. The Labute approximate surface area is 99.5 Å². The van der Waals surface area contributed by atoms with Gasteiger partial charge in [0.05, 0.1) is 17.9 Å². The van der Waals surface area contributed by atoms with Crippen LogP contribution in [0.2, 0.25) is 0 Å². The third-order valence-electron chi connectivity index (χ3n) is 3.17. The minimum Gasteiger partial charge on any atom is -0.497 e. The molecule has 1 atom stereocenters. The molecule has 0 N–H and O–H groups in total. The van der Waals surface area contributed by atoms with Gasteiger partial charge in [0.1, 0.15) is 5.75 Å². The molecule has 2 nitrogen and oxygen atoms in total. The van der Waals surface area contributed by atoms with Gasteiger partial charge in [-0.1, -0.05) is 18.9 Å². The first-order chi connectivity index (χ1) is 7.79. The van der Waals surface area contributed by atoms with Crippen molar-refractivity contribution < 1.29 is 8.95 Å². The average molecular weight is 238 g/mol. The van der Waals surface area contributed by atoms with Gasteiger partial charge in [0.15, 0.2) is 0 Å². The van der Waals surface area contributed by atoms with E-state index in [1.165, 1.54) is 25.7 Å². The monoisotopic (exact) mass is 238 g/mol. The average Bonchev–Trinajstić information content (AvgIpc) is 2.82. The maximum Gasteiger partial charge on any atom is 0.120 e. The van der Waals surface area contributed by atoms with Crippen LogP contribution in [-0.4, -0.2) is 17.1 Å². The quantitative estimate of drug-likeness (QED) is 0.806. The Balaban J connectivity index is 2.01. The molecule has 1 aromatic rings. The minimum atomic E-state index is -0.865. The standard InChI is InChI=1S/C13H18O2S/c1-15-12-7-4-8-13(9-12)16(14)10-11-5-2-3-6-11/h4,7-9,11H,2-3,5-6,10H2,1H3. The molecule has 88 valence electrons. The molecular weight excluding hydrogens is 220 g/mol. The molecule has 3 heteroatoms. The molecule has 0 saturated heterocycles. The highest BCUT2D eigenvalue weighted by molar-refractivity contribution is 7.85. The fourth-order valence-electron chi connectivity index (χ4n) is 2.23. The Morgan fingerprint density at radius 2 is 2.12 bits per heavy atom. The molecule has 0 amide bonds. The number of hydrogen-bond donors (Lipinski definition) is 0. The van der Waals surface area contributed by atoms with Crippen LogP contribution in [0, 0.1) is 5.92 Å². The van der Waals surface area contributed by atoms with Crippen molar-refractivity contribution in [3.8, 4) is 5.75 Å². The van der Waals surface area contributed by atoms with Crippen molar-refractivity contribution in [3.63, 3.8) is 0 Å². The highest BCUT2D eigenvalue weighted by Crippen LogP contribution is 2.27. The Bertz CT molecular complexity index is 370. The number of benzene rings is 1. The maximum absolute atomic E-state index is 12.1. The summed E-state index contributed by atoms with van der Waals surface area (Å²) in [4.78, 5) is 0.895. The van der Waals surface area contributed by atoms with Crippen LogP contribution in [-0.2, 0) is 10.8 Å². The summed E-state index contributed by atoms with van der Waals surface area (Å²) in [5, 5.41) is 0. The minimum absolute atomic E-state index is 0.659. The van der Waals surface area contributed by atoms with E-state index in [1.54, 1.807) is 7.11 Å². The third-order valence-corrected chi connectivity index (χ3v) is 4.72. The van der Waals surface area contributed by atoms with Gasteiger partial charge in [-0.2, -0.15) is 0 Å². The van der Waals surface area contributed by atoms with E-state index in [4.69, 9.17) is 4.74 Å². The Morgan fingerprint density at radius 1 is 1.38 bits per heavy atom. The van der Waals surface area contributed by atoms with E-state index in [0.29, 0.717) is 5.92 Å². The highest BCUT2D eigenvalue weighted by Gasteiger charge is 2.18. The molecule has 1 aliphatic rings. The molecule has 1 aliphatic carbocycles. The lowest BCUT2D eigenvalue weighted by Crippen LogP contribution is -2.07. The number of rotatable bonds is 4. The summed E-state index contributed by atoms with van der Waals surface area (Å²) in [7, 11) is 0.773. The van der Waals surface area contributed by atoms with E-state index in [2.05, 4.69) is 0 Å². The van der Waals surface area contributed by atoms with Gasteiger partial charge >= 0.3 is 0 Å². The largest absolute Gasteiger partial charge is 0.497 e. The van der Waals surface area contributed by atoms with Gasteiger partial charge in [-0.3, -0.25) is 4.21 Å². The van der Waals surface area contributed by atoms with Crippen molar-refractivity contribution in [2.45, 2.75) is 30.6 Å². The molecule has 1 saturated carbocycles. The molecule has 0 heterocycles. The lowest BCUT2D eigenvalue weighted by Gasteiger charge is -2.09. The van der Waals surface area contributed by atoms with Crippen molar-refractivity contribution >= 4 is 10.8 Å². The van der Waals surface area contributed by atoms with Crippen molar-refractivity contribution in [3.05, 3.63) is 24.3 Å². The van der Waals surface area contributed by atoms with E-state index in [9.17, 15) is 4.21 Å². The molecule has 1 fully saturated rings. The zero-order valence-corrected chi connectivity index (χ0v) is 10.5. The first-order valence-electron chi connectivity index (χ1n) is 5.82. The molecule has 0 aromatic heterocycles. The van der Waals surface area contributed by atoms with Gasteiger partial charge in [0, 0.05) is 10.6 Å². The lowest BCUT2D eigenvalue weighted by atomic mass is 10.1. The van der Waals surface area contributed by atoms with E-state index in [0.717, 1.165) is 16.4 Å². The third kappa shape index (κ3) is 2.85. The van der Waals surface area contributed by atoms with Crippen molar-refractivity contribution in [2.75, 3.05) is 12.9 Å². The SMILES string of the molecule is COc1cccc(S(=O)CC2CCCC2)c1. The molecule has 0 spiro atoms. The smallest absolute Gasteiger partial charge is 0.120 e. The molecule has 1 aromatic carbocycles. The molecule has 0 radical (unpaired) electrons. The van der Waals surface area contributed by atoms with Crippen LogP contribution in [0.15, 0.2) is 29.2 Å². The summed E-state index contributed by atoms with van der Waals surface area (Å²) in [6.45, 7) is 0. The second-order valence-corrected chi connectivity index (χ2v) is 5.84. The van der Waals surface area contributed by atoms with Crippen molar-refractivity contribution in [1.29, 1.82) is 0 Å².